The molecule has 0 N–H and O–H groups in total. The summed E-state index contributed by atoms with van der Waals surface area (Å²) in [5.74, 6) is -1.57. The van der Waals surface area contributed by atoms with Crippen LogP contribution >= 0.6 is 0 Å². The van der Waals surface area contributed by atoms with E-state index in [4.69, 9.17) is 0 Å². The summed E-state index contributed by atoms with van der Waals surface area (Å²) < 4.78 is 0. The van der Waals surface area contributed by atoms with Crippen LogP contribution in [0.4, 0.5) is 11.4 Å². The number of imide groups is 1. The Balaban J connectivity index is 1.67. The lowest BCUT2D eigenvalue weighted by Crippen LogP contribution is -2.51. The lowest BCUT2D eigenvalue weighted by Gasteiger charge is -2.31. The number of likely N-dealkylation sites (tertiary alicyclic amines) is 1. The molecule has 0 spiro atoms. The maximum absolute atomic E-state index is 13.6. The molecule has 3 aliphatic rings. The summed E-state index contributed by atoms with van der Waals surface area (Å²) in [5, 5.41) is 11.2. The fourth-order valence-electron chi connectivity index (χ4n) is 4.79. The van der Waals surface area contributed by atoms with Crippen molar-refractivity contribution in [1.29, 1.82) is 0 Å². The van der Waals surface area contributed by atoms with Gasteiger partial charge in [-0.25, -0.2) is 0 Å². The van der Waals surface area contributed by atoms with E-state index in [-0.39, 0.29) is 29.3 Å². The third-order valence-electron chi connectivity index (χ3n) is 6.27. The average Bonchev–Trinajstić information content (AvgIpc) is 3.25. The SMILES string of the molecule is CC(C)CC(C(=O)N1CCc2ccc([N+](=O)[O-])cc21)N1C(=O)C2CC=CCC2C1=O. The van der Waals surface area contributed by atoms with Gasteiger partial charge in [-0.15, -0.1) is 0 Å². The van der Waals surface area contributed by atoms with Crippen LogP contribution in [-0.2, 0) is 20.8 Å². The Bertz CT molecular complexity index is 928. The Labute approximate surface area is 174 Å². The number of fused-ring (bicyclic) bond motifs is 2. The van der Waals surface area contributed by atoms with Gasteiger partial charge in [0, 0.05) is 18.7 Å². The van der Waals surface area contributed by atoms with Gasteiger partial charge in [0.05, 0.1) is 22.4 Å². The fraction of sp³-hybridized carbons (Fsp3) is 0.500. The van der Waals surface area contributed by atoms with E-state index in [1.54, 1.807) is 6.07 Å². The molecule has 3 unspecified atom stereocenters. The van der Waals surface area contributed by atoms with Crippen LogP contribution < -0.4 is 4.90 Å². The van der Waals surface area contributed by atoms with Crippen LogP contribution in [0.15, 0.2) is 30.4 Å². The van der Waals surface area contributed by atoms with E-state index in [0.29, 0.717) is 37.9 Å². The molecule has 1 aromatic rings. The summed E-state index contributed by atoms with van der Waals surface area (Å²) in [6, 6.07) is 3.62. The lowest BCUT2D eigenvalue weighted by molar-refractivity contribution is -0.384. The molecule has 3 amide bonds. The first-order chi connectivity index (χ1) is 14.3. The maximum Gasteiger partial charge on any atom is 0.271 e. The van der Waals surface area contributed by atoms with Crippen LogP contribution in [0.3, 0.4) is 0 Å². The minimum absolute atomic E-state index is 0.0840. The van der Waals surface area contributed by atoms with Crippen LogP contribution in [0.1, 0.15) is 38.7 Å². The Morgan fingerprint density at radius 2 is 1.80 bits per heavy atom. The van der Waals surface area contributed by atoms with E-state index in [2.05, 4.69) is 0 Å². The van der Waals surface area contributed by atoms with Crippen LogP contribution in [0.5, 0.6) is 0 Å². The maximum atomic E-state index is 13.6. The van der Waals surface area contributed by atoms with Crippen molar-refractivity contribution >= 4 is 29.1 Å². The van der Waals surface area contributed by atoms with Crippen molar-refractivity contribution in [2.45, 2.75) is 45.6 Å². The monoisotopic (exact) mass is 411 g/mol. The summed E-state index contributed by atoms with van der Waals surface area (Å²) in [5.41, 5.74) is 1.27. The standard InChI is InChI=1S/C22H25N3O5/c1-13(2)11-19(24-20(26)16-5-3-4-6-17(16)21(24)27)22(28)23-10-9-14-7-8-15(25(29)30)12-18(14)23/h3-4,7-8,12-13,16-17,19H,5-6,9-11H2,1-2H3. The number of carbonyl (C=O) groups excluding carboxylic acids is 3. The van der Waals surface area contributed by atoms with E-state index in [1.165, 1.54) is 21.9 Å². The van der Waals surface area contributed by atoms with Gasteiger partial charge < -0.3 is 4.90 Å². The minimum Gasteiger partial charge on any atom is -0.310 e. The highest BCUT2D eigenvalue weighted by Crippen LogP contribution is 2.39. The second-order valence-corrected chi connectivity index (χ2v) is 8.66. The van der Waals surface area contributed by atoms with Gasteiger partial charge in [-0.3, -0.25) is 29.4 Å². The first kappa shape index (κ1) is 20.3. The topological polar surface area (TPSA) is 101 Å². The Morgan fingerprint density at radius 1 is 1.17 bits per heavy atom. The van der Waals surface area contributed by atoms with Crippen molar-refractivity contribution < 1.29 is 19.3 Å². The predicted octanol–water partition coefficient (Wildman–Crippen LogP) is 2.85. The molecule has 3 atom stereocenters. The first-order valence-corrected chi connectivity index (χ1v) is 10.4. The molecule has 8 heteroatoms. The highest BCUT2D eigenvalue weighted by Gasteiger charge is 2.52. The smallest absolute Gasteiger partial charge is 0.271 e. The number of nitrogens with zero attached hydrogens (tertiary/aromatic N) is 3. The molecule has 8 nitrogen and oxygen atoms in total. The number of allylic oxidation sites excluding steroid dienone is 2. The highest BCUT2D eigenvalue weighted by atomic mass is 16.6. The zero-order chi connectivity index (χ0) is 21.6. The number of rotatable bonds is 5. The average molecular weight is 411 g/mol. The normalized spacial score (nSPS) is 23.7. The molecule has 2 heterocycles. The summed E-state index contributed by atoms with van der Waals surface area (Å²) in [4.78, 5) is 53.2. The zero-order valence-corrected chi connectivity index (χ0v) is 17.1. The third kappa shape index (κ3) is 3.30. The molecule has 1 aromatic carbocycles. The van der Waals surface area contributed by atoms with E-state index in [0.717, 1.165) is 5.56 Å². The number of amides is 3. The number of anilines is 1. The van der Waals surface area contributed by atoms with Gasteiger partial charge in [-0.1, -0.05) is 32.1 Å². The lowest BCUT2D eigenvalue weighted by atomic mass is 9.85. The number of hydrogen-bond acceptors (Lipinski definition) is 5. The number of carbonyl (C=O) groups is 3. The summed E-state index contributed by atoms with van der Waals surface area (Å²) in [7, 11) is 0. The van der Waals surface area contributed by atoms with Crippen LogP contribution in [-0.4, -0.2) is 40.1 Å². The highest BCUT2D eigenvalue weighted by molar-refractivity contribution is 6.11. The van der Waals surface area contributed by atoms with Crippen molar-refractivity contribution in [3.05, 3.63) is 46.0 Å². The van der Waals surface area contributed by atoms with E-state index < -0.39 is 22.8 Å². The number of non-ortho nitro benzene ring substituents is 1. The second kappa shape index (κ2) is 7.66. The van der Waals surface area contributed by atoms with Gasteiger partial charge >= 0.3 is 0 Å². The molecule has 1 aliphatic carbocycles. The van der Waals surface area contributed by atoms with Crippen LogP contribution in [0.2, 0.25) is 0 Å². The Morgan fingerprint density at radius 3 is 2.37 bits per heavy atom. The summed E-state index contributed by atoms with van der Waals surface area (Å²) in [6.07, 6.45) is 5.84. The molecule has 0 bridgehead atoms. The van der Waals surface area contributed by atoms with E-state index >= 15 is 0 Å². The van der Waals surface area contributed by atoms with E-state index in [1.807, 2.05) is 26.0 Å². The third-order valence-corrected chi connectivity index (χ3v) is 6.27. The molecule has 0 saturated carbocycles. The molecule has 4 rings (SSSR count). The predicted molar refractivity (Wildman–Crippen MR) is 110 cm³/mol. The Hall–Kier alpha value is -3.03. The van der Waals surface area contributed by atoms with Crippen molar-refractivity contribution in [2.24, 2.45) is 17.8 Å². The summed E-state index contributed by atoms with van der Waals surface area (Å²) >= 11 is 0. The Kier molecular flexibility index (Phi) is 5.17. The number of nitro groups is 1. The van der Waals surface area contributed by atoms with Crippen molar-refractivity contribution in [3.63, 3.8) is 0 Å². The minimum atomic E-state index is -0.888. The van der Waals surface area contributed by atoms with Gasteiger partial charge in [0.15, 0.2) is 0 Å². The number of benzene rings is 1. The van der Waals surface area contributed by atoms with Crippen molar-refractivity contribution in [2.75, 3.05) is 11.4 Å². The van der Waals surface area contributed by atoms with Gasteiger partial charge in [-0.2, -0.15) is 0 Å². The molecule has 1 saturated heterocycles. The van der Waals surface area contributed by atoms with Gasteiger partial charge in [-0.05, 0) is 37.2 Å². The number of nitro benzene ring substituents is 1. The molecule has 2 aliphatic heterocycles. The number of hydrogen-bond donors (Lipinski definition) is 0. The molecule has 1 fully saturated rings. The van der Waals surface area contributed by atoms with Crippen molar-refractivity contribution in [3.8, 4) is 0 Å². The fourth-order valence-corrected chi connectivity index (χ4v) is 4.79. The molecule has 0 aromatic heterocycles. The molecular weight excluding hydrogens is 386 g/mol. The second-order valence-electron chi connectivity index (χ2n) is 8.66. The molecule has 158 valence electrons. The van der Waals surface area contributed by atoms with Gasteiger partial charge in [0.25, 0.3) is 5.69 Å². The van der Waals surface area contributed by atoms with Crippen LogP contribution in [0, 0.1) is 27.9 Å². The molecule has 0 radical (unpaired) electrons. The van der Waals surface area contributed by atoms with Crippen LogP contribution in [0.25, 0.3) is 0 Å². The largest absolute Gasteiger partial charge is 0.310 e. The summed E-state index contributed by atoms with van der Waals surface area (Å²) in [6.45, 7) is 4.28. The van der Waals surface area contributed by atoms with E-state index in [9.17, 15) is 24.5 Å². The zero-order valence-electron chi connectivity index (χ0n) is 17.1. The van der Waals surface area contributed by atoms with Gasteiger partial charge in [0.2, 0.25) is 17.7 Å². The molecule has 30 heavy (non-hydrogen) atoms. The van der Waals surface area contributed by atoms with Crippen molar-refractivity contribution in [1.82, 2.24) is 4.90 Å². The quantitative estimate of drug-likeness (QED) is 0.321. The molecular formula is C22H25N3O5. The first-order valence-electron chi connectivity index (χ1n) is 10.4. The van der Waals surface area contributed by atoms with Gasteiger partial charge in [0.1, 0.15) is 6.04 Å².